The zero-order chi connectivity index (χ0) is 14.7. The fourth-order valence-corrected chi connectivity index (χ4v) is 2.90. The second-order valence-corrected chi connectivity index (χ2v) is 5.36. The van der Waals surface area contributed by atoms with E-state index >= 15 is 0 Å². The van der Waals surface area contributed by atoms with Gasteiger partial charge in [-0.2, -0.15) is 0 Å². The lowest BCUT2D eigenvalue weighted by Crippen LogP contribution is -2.09. The molecule has 0 radical (unpaired) electrons. The van der Waals surface area contributed by atoms with Gasteiger partial charge in [0.15, 0.2) is 0 Å². The highest BCUT2D eigenvalue weighted by Gasteiger charge is 2.22. The van der Waals surface area contributed by atoms with Crippen LogP contribution < -0.4 is 4.74 Å². The first-order chi connectivity index (χ1) is 10.3. The number of rotatable bonds is 6. The second kappa shape index (κ2) is 6.31. The van der Waals surface area contributed by atoms with Crippen LogP contribution in [0.2, 0.25) is 0 Å². The van der Waals surface area contributed by atoms with Gasteiger partial charge in [0.2, 0.25) is 0 Å². The maximum atomic E-state index is 6.03. The molecule has 1 atom stereocenters. The van der Waals surface area contributed by atoms with Gasteiger partial charge in [0, 0.05) is 12.2 Å². The van der Waals surface area contributed by atoms with E-state index in [1.54, 1.807) is 0 Å². The highest BCUT2D eigenvalue weighted by Crippen LogP contribution is 2.41. The topological polar surface area (TPSA) is 18.5 Å². The van der Waals surface area contributed by atoms with Crippen molar-refractivity contribution in [2.75, 3.05) is 13.2 Å². The molecule has 110 valence electrons. The fourth-order valence-electron chi connectivity index (χ4n) is 2.90. The van der Waals surface area contributed by atoms with Crippen molar-refractivity contribution in [2.24, 2.45) is 0 Å². The largest absolute Gasteiger partial charge is 0.493 e. The van der Waals surface area contributed by atoms with Gasteiger partial charge in [-0.3, -0.25) is 0 Å². The molecule has 0 saturated carbocycles. The number of ether oxygens (including phenoxy) is 2. The Hall–Kier alpha value is -1.80. The van der Waals surface area contributed by atoms with Crippen LogP contribution in [0.15, 0.2) is 36.4 Å². The summed E-state index contributed by atoms with van der Waals surface area (Å²) < 4.78 is 11.9. The van der Waals surface area contributed by atoms with Crippen LogP contribution in [0.25, 0.3) is 16.8 Å². The van der Waals surface area contributed by atoms with Gasteiger partial charge in [-0.05, 0) is 35.7 Å². The van der Waals surface area contributed by atoms with Crippen molar-refractivity contribution in [1.82, 2.24) is 0 Å². The van der Waals surface area contributed by atoms with Crippen molar-refractivity contribution < 1.29 is 9.47 Å². The van der Waals surface area contributed by atoms with E-state index in [-0.39, 0.29) is 6.10 Å². The van der Waals surface area contributed by atoms with E-state index in [1.165, 1.54) is 21.9 Å². The molecule has 0 saturated heterocycles. The molecule has 0 spiro atoms. The van der Waals surface area contributed by atoms with Crippen molar-refractivity contribution in [3.05, 3.63) is 47.5 Å². The van der Waals surface area contributed by atoms with E-state index in [9.17, 15) is 0 Å². The molecule has 2 nitrogen and oxygen atoms in total. The van der Waals surface area contributed by atoms with Gasteiger partial charge in [0.1, 0.15) is 11.9 Å². The molecule has 21 heavy (non-hydrogen) atoms. The molecule has 1 aliphatic carbocycles. The SMILES string of the molecule is CCCCOc1ccc2cccc3c2c1C(OCC)C=C3. The zero-order valence-corrected chi connectivity index (χ0v) is 12.8. The Balaban J connectivity index is 2.09. The van der Waals surface area contributed by atoms with Crippen molar-refractivity contribution in [2.45, 2.75) is 32.8 Å². The summed E-state index contributed by atoms with van der Waals surface area (Å²) in [7, 11) is 0. The number of hydrogen-bond donors (Lipinski definition) is 0. The Bertz CT molecular complexity index is 658. The normalized spacial score (nSPS) is 16.4. The van der Waals surface area contributed by atoms with Crippen molar-refractivity contribution in [3.8, 4) is 5.75 Å². The zero-order valence-electron chi connectivity index (χ0n) is 12.8. The third kappa shape index (κ3) is 2.68. The molecule has 2 heteroatoms. The summed E-state index contributed by atoms with van der Waals surface area (Å²) in [6, 6.07) is 10.6. The first-order valence-electron chi connectivity index (χ1n) is 7.83. The molecule has 3 rings (SSSR count). The highest BCUT2D eigenvalue weighted by molar-refractivity contribution is 5.97. The monoisotopic (exact) mass is 282 g/mol. The summed E-state index contributed by atoms with van der Waals surface area (Å²) in [5.74, 6) is 0.964. The Morgan fingerprint density at radius 3 is 2.81 bits per heavy atom. The first-order valence-corrected chi connectivity index (χ1v) is 7.83. The Morgan fingerprint density at radius 1 is 1.10 bits per heavy atom. The van der Waals surface area contributed by atoms with Gasteiger partial charge in [-0.15, -0.1) is 0 Å². The maximum absolute atomic E-state index is 6.03. The Labute approximate surface area is 126 Å². The number of unbranched alkanes of at least 4 members (excludes halogenated alkanes) is 1. The minimum Gasteiger partial charge on any atom is -0.493 e. The van der Waals surface area contributed by atoms with E-state index < -0.39 is 0 Å². The average molecular weight is 282 g/mol. The van der Waals surface area contributed by atoms with Crippen LogP contribution in [0.4, 0.5) is 0 Å². The summed E-state index contributed by atoms with van der Waals surface area (Å²) in [5, 5.41) is 2.52. The summed E-state index contributed by atoms with van der Waals surface area (Å²) in [6.45, 7) is 5.67. The van der Waals surface area contributed by atoms with Crippen LogP contribution in [0.1, 0.15) is 43.9 Å². The van der Waals surface area contributed by atoms with Gasteiger partial charge in [-0.25, -0.2) is 0 Å². The van der Waals surface area contributed by atoms with E-state index in [1.807, 2.05) is 6.92 Å². The first kappa shape index (κ1) is 14.2. The highest BCUT2D eigenvalue weighted by atomic mass is 16.5. The lowest BCUT2D eigenvalue weighted by molar-refractivity contribution is 0.0953. The van der Waals surface area contributed by atoms with Crippen LogP contribution in [0.3, 0.4) is 0 Å². The number of hydrogen-bond acceptors (Lipinski definition) is 2. The molecule has 0 amide bonds. The standard InChI is InChI=1S/C19H22O2/c1-3-5-13-21-17-12-10-15-8-6-7-14-9-11-16(20-4-2)19(17)18(14)15/h6-12,16H,3-5,13H2,1-2H3. The Morgan fingerprint density at radius 2 is 2.00 bits per heavy atom. The molecule has 0 fully saturated rings. The van der Waals surface area contributed by atoms with Crippen LogP contribution in [0, 0.1) is 0 Å². The van der Waals surface area contributed by atoms with Crippen LogP contribution in [-0.4, -0.2) is 13.2 Å². The smallest absolute Gasteiger partial charge is 0.126 e. The van der Waals surface area contributed by atoms with Gasteiger partial charge in [0.25, 0.3) is 0 Å². The third-order valence-electron chi connectivity index (χ3n) is 3.91. The van der Waals surface area contributed by atoms with Crippen LogP contribution >= 0.6 is 0 Å². The molecule has 0 N–H and O–H groups in total. The lowest BCUT2D eigenvalue weighted by Gasteiger charge is -2.24. The minimum atomic E-state index is -0.00905. The predicted octanol–water partition coefficient (Wildman–Crippen LogP) is 5.12. The van der Waals surface area contributed by atoms with E-state index in [2.05, 4.69) is 49.4 Å². The van der Waals surface area contributed by atoms with Gasteiger partial charge in [-0.1, -0.05) is 49.8 Å². The van der Waals surface area contributed by atoms with Gasteiger partial charge < -0.3 is 9.47 Å². The third-order valence-corrected chi connectivity index (χ3v) is 3.91. The quantitative estimate of drug-likeness (QED) is 0.684. The van der Waals surface area contributed by atoms with Crippen molar-refractivity contribution in [3.63, 3.8) is 0 Å². The lowest BCUT2D eigenvalue weighted by atomic mass is 9.90. The fraction of sp³-hybridized carbons (Fsp3) is 0.368. The summed E-state index contributed by atoms with van der Waals surface area (Å²) >= 11 is 0. The summed E-state index contributed by atoms with van der Waals surface area (Å²) in [4.78, 5) is 0. The summed E-state index contributed by atoms with van der Waals surface area (Å²) in [5.41, 5.74) is 2.43. The van der Waals surface area contributed by atoms with Crippen molar-refractivity contribution >= 4 is 16.8 Å². The molecule has 0 bridgehead atoms. The molecular weight excluding hydrogens is 260 g/mol. The second-order valence-electron chi connectivity index (χ2n) is 5.36. The van der Waals surface area contributed by atoms with E-state index in [0.717, 1.165) is 25.2 Å². The van der Waals surface area contributed by atoms with E-state index in [4.69, 9.17) is 9.47 Å². The molecule has 0 heterocycles. The Kier molecular flexibility index (Phi) is 4.26. The minimum absolute atomic E-state index is 0.00905. The van der Waals surface area contributed by atoms with Crippen LogP contribution in [-0.2, 0) is 4.74 Å². The molecule has 0 aromatic heterocycles. The molecular formula is C19H22O2. The van der Waals surface area contributed by atoms with Crippen molar-refractivity contribution in [1.29, 1.82) is 0 Å². The van der Waals surface area contributed by atoms with Gasteiger partial charge >= 0.3 is 0 Å². The van der Waals surface area contributed by atoms with Crippen LogP contribution in [0.5, 0.6) is 5.75 Å². The van der Waals surface area contributed by atoms with Gasteiger partial charge in [0.05, 0.1) is 6.61 Å². The summed E-state index contributed by atoms with van der Waals surface area (Å²) in [6.07, 6.45) is 6.50. The molecule has 0 aliphatic heterocycles. The maximum Gasteiger partial charge on any atom is 0.126 e. The molecule has 1 unspecified atom stereocenters. The predicted molar refractivity (Wildman–Crippen MR) is 87.8 cm³/mol. The molecule has 2 aromatic rings. The number of benzene rings is 2. The average Bonchev–Trinajstić information content (AvgIpc) is 2.52. The molecule has 1 aliphatic rings. The van der Waals surface area contributed by atoms with E-state index in [0.29, 0.717) is 6.61 Å². The molecule has 2 aromatic carbocycles.